The summed E-state index contributed by atoms with van der Waals surface area (Å²) in [6.45, 7) is 6.76. The topological polar surface area (TPSA) is 71.4 Å². The van der Waals surface area contributed by atoms with Gasteiger partial charge in [-0.3, -0.25) is 14.5 Å². The van der Waals surface area contributed by atoms with Crippen LogP contribution in [-0.2, 0) is 11.8 Å². The number of ketones is 1. The first-order chi connectivity index (χ1) is 9.15. The van der Waals surface area contributed by atoms with E-state index in [2.05, 4.69) is 5.32 Å². The number of nitrogens with zero attached hydrogens (tertiary/aromatic N) is 2. The minimum atomic E-state index is -0.945. The van der Waals surface area contributed by atoms with E-state index in [0.29, 0.717) is 5.56 Å². The molecule has 1 N–H and O–H groups in total. The molecule has 1 aliphatic rings. The Bertz CT molecular complexity index is 613. The SMILES string of the molecule is Cc1cc(C(=O)CN2C(=O)NC(C)(C)C2=O)c(C)n1C. The van der Waals surface area contributed by atoms with Gasteiger partial charge in [0.05, 0.1) is 6.54 Å². The van der Waals surface area contributed by atoms with Crippen molar-refractivity contribution >= 4 is 17.7 Å². The number of aryl methyl sites for hydroxylation is 1. The maximum atomic E-state index is 12.3. The van der Waals surface area contributed by atoms with E-state index < -0.39 is 11.6 Å². The smallest absolute Gasteiger partial charge is 0.325 e. The summed E-state index contributed by atoms with van der Waals surface area (Å²) >= 11 is 0. The summed E-state index contributed by atoms with van der Waals surface area (Å²) in [5, 5.41) is 2.56. The van der Waals surface area contributed by atoms with Crippen molar-refractivity contribution in [1.82, 2.24) is 14.8 Å². The maximum absolute atomic E-state index is 12.3. The third-order valence-corrected chi connectivity index (χ3v) is 3.82. The molecule has 1 saturated heterocycles. The number of carbonyl (C=O) groups is 3. The Morgan fingerprint density at radius 3 is 2.30 bits per heavy atom. The van der Waals surface area contributed by atoms with Gasteiger partial charge in [0.1, 0.15) is 5.54 Å². The molecule has 1 fully saturated rings. The standard InChI is InChI=1S/C14H19N3O3/c1-8-6-10(9(2)16(8)5)11(18)7-17-12(19)14(3,4)15-13(17)20/h6H,7H2,1-5H3,(H,15,20). The van der Waals surface area contributed by atoms with Gasteiger partial charge >= 0.3 is 6.03 Å². The molecule has 3 amide bonds. The lowest BCUT2D eigenvalue weighted by atomic mass is 10.1. The Balaban J connectivity index is 2.23. The lowest BCUT2D eigenvalue weighted by Crippen LogP contribution is -2.41. The molecule has 1 aliphatic heterocycles. The molecule has 20 heavy (non-hydrogen) atoms. The van der Waals surface area contributed by atoms with Crippen LogP contribution in [0.15, 0.2) is 6.07 Å². The van der Waals surface area contributed by atoms with Gasteiger partial charge in [0.15, 0.2) is 5.78 Å². The fraction of sp³-hybridized carbons (Fsp3) is 0.500. The molecule has 108 valence electrons. The Hall–Kier alpha value is -2.11. The maximum Gasteiger partial charge on any atom is 0.325 e. The Morgan fingerprint density at radius 1 is 1.30 bits per heavy atom. The molecule has 1 aromatic rings. The van der Waals surface area contributed by atoms with Crippen molar-refractivity contribution in [3.05, 3.63) is 23.0 Å². The summed E-state index contributed by atoms with van der Waals surface area (Å²) in [6, 6.07) is 1.26. The van der Waals surface area contributed by atoms with Crippen LogP contribution in [0.5, 0.6) is 0 Å². The molecule has 0 aliphatic carbocycles. The molecule has 0 aromatic carbocycles. The number of rotatable bonds is 3. The summed E-state index contributed by atoms with van der Waals surface area (Å²) < 4.78 is 1.91. The molecule has 2 rings (SSSR count). The summed E-state index contributed by atoms with van der Waals surface area (Å²) in [4.78, 5) is 37.1. The number of hydrogen-bond donors (Lipinski definition) is 1. The van der Waals surface area contributed by atoms with E-state index in [4.69, 9.17) is 0 Å². The fourth-order valence-electron chi connectivity index (χ4n) is 2.33. The lowest BCUT2D eigenvalue weighted by molar-refractivity contribution is -0.129. The van der Waals surface area contributed by atoms with Gasteiger partial charge in [-0.05, 0) is 33.8 Å². The number of nitrogens with one attached hydrogen (secondary N) is 1. The van der Waals surface area contributed by atoms with Crippen molar-refractivity contribution in [2.75, 3.05) is 6.54 Å². The highest BCUT2D eigenvalue weighted by atomic mass is 16.2. The van der Waals surface area contributed by atoms with E-state index in [0.717, 1.165) is 16.3 Å². The van der Waals surface area contributed by atoms with Gasteiger partial charge in [0, 0.05) is 24.0 Å². The van der Waals surface area contributed by atoms with E-state index in [1.807, 2.05) is 25.5 Å². The van der Waals surface area contributed by atoms with Gasteiger partial charge in [-0.15, -0.1) is 0 Å². The molecule has 0 atom stereocenters. The second-order valence-electron chi connectivity index (χ2n) is 5.71. The minimum Gasteiger partial charge on any atom is -0.351 e. The van der Waals surface area contributed by atoms with E-state index in [-0.39, 0.29) is 18.2 Å². The summed E-state index contributed by atoms with van der Waals surface area (Å²) in [7, 11) is 1.87. The number of urea groups is 1. The predicted octanol–water partition coefficient (Wildman–Crippen LogP) is 1.16. The second-order valence-corrected chi connectivity index (χ2v) is 5.71. The van der Waals surface area contributed by atoms with Gasteiger partial charge in [-0.1, -0.05) is 0 Å². The van der Waals surface area contributed by atoms with Crippen molar-refractivity contribution in [2.24, 2.45) is 7.05 Å². The van der Waals surface area contributed by atoms with Crippen molar-refractivity contribution < 1.29 is 14.4 Å². The Kier molecular flexibility index (Phi) is 3.20. The number of carbonyl (C=O) groups excluding carboxylic acids is 3. The molecule has 0 saturated carbocycles. The number of hydrogen-bond acceptors (Lipinski definition) is 3. The van der Waals surface area contributed by atoms with E-state index >= 15 is 0 Å². The highest BCUT2D eigenvalue weighted by Crippen LogP contribution is 2.19. The molecule has 0 spiro atoms. The van der Waals surface area contributed by atoms with Crippen molar-refractivity contribution in [2.45, 2.75) is 33.2 Å². The summed E-state index contributed by atoms with van der Waals surface area (Å²) in [5.74, 6) is -0.603. The summed E-state index contributed by atoms with van der Waals surface area (Å²) in [5.41, 5.74) is 1.40. The highest BCUT2D eigenvalue weighted by molar-refractivity contribution is 6.11. The first-order valence-electron chi connectivity index (χ1n) is 6.45. The van der Waals surface area contributed by atoms with Crippen LogP contribution in [0.1, 0.15) is 35.6 Å². The minimum absolute atomic E-state index is 0.224. The Morgan fingerprint density at radius 2 is 1.90 bits per heavy atom. The van der Waals surface area contributed by atoms with Crippen LogP contribution in [-0.4, -0.2) is 39.3 Å². The molecule has 6 nitrogen and oxygen atoms in total. The van der Waals surface area contributed by atoms with Crippen LogP contribution in [0.2, 0.25) is 0 Å². The van der Waals surface area contributed by atoms with Crippen LogP contribution in [0.3, 0.4) is 0 Å². The first kappa shape index (κ1) is 14.3. The normalized spacial score (nSPS) is 17.6. The van der Waals surface area contributed by atoms with Gasteiger partial charge in [0.25, 0.3) is 5.91 Å². The summed E-state index contributed by atoms with van der Waals surface area (Å²) in [6.07, 6.45) is 0. The van der Waals surface area contributed by atoms with Crippen LogP contribution in [0, 0.1) is 13.8 Å². The predicted molar refractivity (Wildman–Crippen MR) is 73.5 cm³/mol. The first-order valence-corrected chi connectivity index (χ1v) is 6.45. The monoisotopic (exact) mass is 277 g/mol. The van der Waals surface area contributed by atoms with Crippen LogP contribution in [0.25, 0.3) is 0 Å². The molecule has 0 radical (unpaired) electrons. The van der Waals surface area contributed by atoms with Gasteiger partial charge in [-0.2, -0.15) is 0 Å². The van der Waals surface area contributed by atoms with Gasteiger partial charge in [-0.25, -0.2) is 4.79 Å². The molecule has 0 bridgehead atoms. The number of Topliss-reactive ketones (excluding diaryl/α,β-unsaturated/α-hetero) is 1. The molecule has 0 unspecified atom stereocenters. The quantitative estimate of drug-likeness (QED) is 0.665. The number of imide groups is 1. The van der Waals surface area contributed by atoms with E-state index in [1.165, 1.54) is 0 Å². The van der Waals surface area contributed by atoms with Crippen LogP contribution in [0.4, 0.5) is 4.79 Å². The largest absolute Gasteiger partial charge is 0.351 e. The lowest BCUT2D eigenvalue weighted by Gasteiger charge is -2.15. The number of aromatic nitrogens is 1. The van der Waals surface area contributed by atoms with Crippen molar-refractivity contribution in [1.29, 1.82) is 0 Å². The van der Waals surface area contributed by atoms with Gasteiger partial charge in [0.2, 0.25) is 0 Å². The fourth-order valence-corrected chi connectivity index (χ4v) is 2.33. The third-order valence-electron chi connectivity index (χ3n) is 3.82. The molecular formula is C14H19N3O3. The van der Waals surface area contributed by atoms with Crippen LogP contribution < -0.4 is 5.32 Å². The van der Waals surface area contributed by atoms with E-state index in [1.54, 1.807) is 19.9 Å². The van der Waals surface area contributed by atoms with Gasteiger partial charge < -0.3 is 9.88 Å². The zero-order chi connectivity index (χ0) is 15.2. The molecular weight excluding hydrogens is 258 g/mol. The van der Waals surface area contributed by atoms with Crippen molar-refractivity contribution in [3.63, 3.8) is 0 Å². The molecule has 1 aromatic heterocycles. The zero-order valence-electron chi connectivity index (χ0n) is 12.4. The zero-order valence-corrected chi connectivity index (χ0v) is 12.4. The Labute approximate surface area is 117 Å². The number of amides is 3. The molecule has 2 heterocycles. The van der Waals surface area contributed by atoms with Crippen molar-refractivity contribution in [3.8, 4) is 0 Å². The highest BCUT2D eigenvalue weighted by Gasteiger charge is 2.45. The third kappa shape index (κ3) is 2.11. The molecule has 6 heteroatoms. The van der Waals surface area contributed by atoms with Crippen LogP contribution >= 0.6 is 0 Å². The average Bonchev–Trinajstić information content (AvgIpc) is 2.71. The average molecular weight is 277 g/mol. The van der Waals surface area contributed by atoms with E-state index in [9.17, 15) is 14.4 Å². The second kappa shape index (κ2) is 4.47.